The fraction of sp³-hybridized carbons (Fsp3) is 0. The van der Waals surface area contributed by atoms with Gasteiger partial charge in [-0.2, -0.15) is 0 Å². The molecular formula is C28H18N4. The normalized spacial score (nSPS) is 11.8. The number of rotatable bonds is 2. The van der Waals surface area contributed by atoms with Crippen molar-refractivity contribution < 1.29 is 0 Å². The van der Waals surface area contributed by atoms with E-state index in [1.807, 2.05) is 18.3 Å². The Labute approximate surface area is 184 Å². The highest BCUT2D eigenvalue weighted by atomic mass is 15.1. The van der Waals surface area contributed by atoms with E-state index in [0.717, 1.165) is 44.5 Å². The summed E-state index contributed by atoms with van der Waals surface area (Å²) in [6, 6.07) is 33.8. The Kier molecular flexibility index (Phi) is 3.52. The van der Waals surface area contributed by atoms with Crippen LogP contribution in [0.2, 0.25) is 0 Å². The van der Waals surface area contributed by atoms with Crippen LogP contribution in [0, 0.1) is 0 Å². The van der Waals surface area contributed by atoms with Crippen LogP contribution in [-0.4, -0.2) is 19.1 Å². The highest BCUT2D eigenvalue weighted by molar-refractivity contribution is 6.16. The van der Waals surface area contributed by atoms with Crippen molar-refractivity contribution >= 4 is 43.9 Å². The molecule has 0 spiro atoms. The largest absolute Gasteiger partial charge is 0.294 e. The van der Waals surface area contributed by atoms with Crippen LogP contribution < -0.4 is 0 Å². The first-order valence-electron chi connectivity index (χ1n) is 10.7. The van der Waals surface area contributed by atoms with Crippen molar-refractivity contribution in [1.82, 2.24) is 19.1 Å². The van der Waals surface area contributed by atoms with Crippen molar-refractivity contribution in [2.45, 2.75) is 0 Å². The summed E-state index contributed by atoms with van der Waals surface area (Å²) in [5.41, 5.74) is 6.30. The zero-order valence-corrected chi connectivity index (χ0v) is 17.2. The molecule has 4 heterocycles. The van der Waals surface area contributed by atoms with Crippen molar-refractivity contribution in [3.05, 3.63) is 109 Å². The zero-order chi connectivity index (χ0) is 21.1. The van der Waals surface area contributed by atoms with Crippen molar-refractivity contribution in [2.75, 3.05) is 0 Å². The molecule has 0 atom stereocenters. The van der Waals surface area contributed by atoms with Crippen LogP contribution in [0.3, 0.4) is 0 Å². The molecule has 0 aliphatic heterocycles. The molecule has 7 aromatic rings. The molecule has 0 bridgehead atoms. The van der Waals surface area contributed by atoms with Crippen molar-refractivity contribution in [3.8, 4) is 11.4 Å². The smallest absolute Gasteiger partial charge is 0.148 e. The summed E-state index contributed by atoms with van der Waals surface area (Å²) in [5, 5.41) is 4.70. The second-order valence-corrected chi connectivity index (χ2v) is 7.98. The maximum atomic E-state index is 5.30. The molecule has 0 saturated heterocycles. The van der Waals surface area contributed by atoms with Crippen LogP contribution >= 0.6 is 0 Å². The number of para-hydroxylation sites is 3. The average Bonchev–Trinajstić information content (AvgIpc) is 3.36. The van der Waals surface area contributed by atoms with Crippen LogP contribution in [0.25, 0.3) is 55.2 Å². The van der Waals surface area contributed by atoms with Crippen LogP contribution in [0.1, 0.15) is 0 Å². The topological polar surface area (TPSA) is 35.6 Å². The van der Waals surface area contributed by atoms with Crippen molar-refractivity contribution in [1.29, 1.82) is 0 Å². The first kappa shape index (κ1) is 17.3. The molecule has 0 aliphatic rings. The van der Waals surface area contributed by atoms with Gasteiger partial charge in [0.1, 0.15) is 11.3 Å². The molecule has 0 aliphatic carbocycles. The Morgan fingerprint density at radius 1 is 0.500 bits per heavy atom. The molecule has 4 heteroatoms. The van der Waals surface area contributed by atoms with Gasteiger partial charge in [-0.05, 0) is 42.5 Å². The molecule has 0 N–H and O–H groups in total. The molecule has 32 heavy (non-hydrogen) atoms. The fourth-order valence-electron chi connectivity index (χ4n) is 4.84. The second-order valence-electron chi connectivity index (χ2n) is 7.98. The number of aromatic nitrogens is 4. The van der Waals surface area contributed by atoms with Crippen molar-refractivity contribution in [3.63, 3.8) is 0 Å². The standard InChI is InChI=1S/C28H18N4/c1-2-9-19(10-3-1)31-25-14-6-4-12-21(25)23-17-24-22-13-5-7-15-26(22)32(28(24)30-27(23)31)20-11-8-16-29-18-20/h1-18H. The monoisotopic (exact) mass is 410 g/mol. The Bertz CT molecular complexity index is 1630. The maximum absolute atomic E-state index is 5.30. The number of fused-ring (bicyclic) bond motifs is 6. The van der Waals surface area contributed by atoms with E-state index in [-0.39, 0.29) is 0 Å². The lowest BCUT2D eigenvalue weighted by Gasteiger charge is -2.08. The lowest BCUT2D eigenvalue weighted by molar-refractivity contribution is 1.09. The number of pyridine rings is 2. The van der Waals surface area contributed by atoms with Gasteiger partial charge in [0.15, 0.2) is 0 Å². The number of hydrogen-bond donors (Lipinski definition) is 0. The Balaban J connectivity index is 1.71. The summed E-state index contributed by atoms with van der Waals surface area (Å²) in [7, 11) is 0. The maximum Gasteiger partial charge on any atom is 0.148 e. The minimum Gasteiger partial charge on any atom is -0.294 e. The van der Waals surface area contributed by atoms with Gasteiger partial charge in [0.25, 0.3) is 0 Å². The van der Waals surface area contributed by atoms with Gasteiger partial charge in [0.05, 0.1) is 22.9 Å². The van der Waals surface area contributed by atoms with Gasteiger partial charge in [-0.15, -0.1) is 0 Å². The third kappa shape index (κ3) is 2.32. The Morgan fingerprint density at radius 3 is 1.69 bits per heavy atom. The van der Waals surface area contributed by atoms with Crippen molar-refractivity contribution in [2.24, 2.45) is 0 Å². The minimum atomic E-state index is 0.937. The third-order valence-corrected chi connectivity index (χ3v) is 6.19. The number of nitrogens with zero attached hydrogens (tertiary/aromatic N) is 4. The highest BCUT2D eigenvalue weighted by Gasteiger charge is 2.19. The van der Waals surface area contributed by atoms with Gasteiger partial charge >= 0.3 is 0 Å². The molecule has 0 unspecified atom stereocenters. The molecule has 0 fully saturated rings. The van der Waals surface area contributed by atoms with Gasteiger partial charge in [-0.1, -0.05) is 54.6 Å². The van der Waals surface area contributed by atoms with Gasteiger partial charge < -0.3 is 0 Å². The lowest BCUT2D eigenvalue weighted by atomic mass is 10.1. The molecule has 7 rings (SSSR count). The number of benzene rings is 3. The van der Waals surface area contributed by atoms with Crippen LogP contribution in [0.5, 0.6) is 0 Å². The van der Waals surface area contributed by atoms with E-state index >= 15 is 0 Å². The molecule has 4 nitrogen and oxygen atoms in total. The van der Waals surface area contributed by atoms with E-state index < -0.39 is 0 Å². The summed E-state index contributed by atoms with van der Waals surface area (Å²) < 4.78 is 4.47. The minimum absolute atomic E-state index is 0.937. The summed E-state index contributed by atoms with van der Waals surface area (Å²) in [6.07, 6.45) is 3.70. The van der Waals surface area contributed by atoms with Crippen LogP contribution in [-0.2, 0) is 0 Å². The number of hydrogen-bond acceptors (Lipinski definition) is 2. The van der Waals surface area contributed by atoms with E-state index in [9.17, 15) is 0 Å². The second kappa shape index (κ2) is 6.53. The van der Waals surface area contributed by atoms with E-state index in [4.69, 9.17) is 4.98 Å². The predicted octanol–water partition coefficient (Wildman–Crippen LogP) is 6.67. The summed E-state index contributed by atoms with van der Waals surface area (Å²) in [4.78, 5) is 9.67. The third-order valence-electron chi connectivity index (χ3n) is 6.19. The summed E-state index contributed by atoms with van der Waals surface area (Å²) in [5.74, 6) is 0. The molecular weight excluding hydrogens is 392 g/mol. The van der Waals surface area contributed by atoms with Crippen LogP contribution in [0.15, 0.2) is 109 Å². The molecule has 4 aromatic heterocycles. The first-order valence-corrected chi connectivity index (χ1v) is 10.7. The SMILES string of the molecule is c1ccc(-n2c3ccccc3c3cc4c5ccccc5n(-c5cccnc5)c4nc32)cc1. The summed E-state index contributed by atoms with van der Waals surface area (Å²) in [6.45, 7) is 0. The quantitative estimate of drug-likeness (QED) is 0.319. The fourth-order valence-corrected chi connectivity index (χ4v) is 4.84. The van der Waals surface area contributed by atoms with Gasteiger partial charge in [-0.25, -0.2) is 4.98 Å². The molecule has 150 valence electrons. The predicted molar refractivity (Wildman–Crippen MR) is 131 cm³/mol. The van der Waals surface area contributed by atoms with E-state index in [0.29, 0.717) is 0 Å². The Hall–Kier alpha value is -4.44. The first-order chi connectivity index (χ1) is 15.9. The molecule has 0 amide bonds. The highest BCUT2D eigenvalue weighted by Crippen LogP contribution is 2.37. The Morgan fingerprint density at radius 2 is 1.06 bits per heavy atom. The summed E-state index contributed by atoms with van der Waals surface area (Å²) >= 11 is 0. The molecule has 0 radical (unpaired) electrons. The van der Waals surface area contributed by atoms with E-state index in [1.165, 1.54) is 10.8 Å². The molecule has 3 aromatic carbocycles. The van der Waals surface area contributed by atoms with Gasteiger partial charge in [0.2, 0.25) is 0 Å². The zero-order valence-electron chi connectivity index (χ0n) is 17.2. The van der Waals surface area contributed by atoms with Gasteiger partial charge in [-0.3, -0.25) is 14.1 Å². The average molecular weight is 410 g/mol. The van der Waals surface area contributed by atoms with E-state index in [2.05, 4.69) is 99.0 Å². The lowest BCUT2D eigenvalue weighted by Crippen LogP contribution is -1.98. The van der Waals surface area contributed by atoms with E-state index in [1.54, 1.807) is 6.20 Å². The van der Waals surface area contributed by atoms with Crippen LogP contribution in [0.4, 0.5) is 0 Å². The van der Waals surface area contributed by atoms with Gasteiger partial charge in [0, 0.05) is 33.4 Å². The molecule has 0 saturated carbocycles.